The molecule has 1 N–H and O–H groups in total. The molecule has 1 aromatic rings. The van der Waals surface area contributed by atoms with E-state index < -0.39 is 0 Å². The van der Waals surface area contributed by atoms with Crippen LogP contribution in [0.3, 0.4) is 0 Å². The number of nitrogens with zero attached hydrogens (tertiary/aromatic N) is 2. The Hall–Kier alpha value is -1.59. The number of benzene rings is 1. The van der Waals surface area contributed by atoms with Gasteiger partial charge >= 0.3 is 0 Å². The van der Waals surface area contributed by atoms with Gasteiger partial charge in [-0.25, -0.2) is 0 Å². The number of aliphatic imine (C=N–C) groups is 1. The Morgan fingerprint density at radius 1 is 1.22 bits per heavy atom. The Morgan fingerprint density at radius 3 is 2.56 bits per heavy atom. The number of hydrogen-bond donors (Lipinski definition) is 1. The zero-order chi connectivity index (χ0) is 19.7. The lowest BCUT2D eigenvalue weighted by Crippen LogP contribution is -2.49. The average Bonchev–Trinajstić information content (AvgIpc) is 2.67. The van der Waals surface area contributed by atoms with Crippen molar-refractivity contribution in [1.82, 2.24) is 10.2 Å². The van der Waals surface area contributed by atoms with Crippen molar-refractivity contribution < 1.29 is 9.47 Å². The number of piperidine rings is 1. The first kappa shape index (κ1) is 21.7. The second-order valence-corrected chi connectivity index (χ2v) is 8.00. The maximum atomic E-state index is 5.97. The van der Waals surface area contributed by atoms with E-state index in [0.29, 0.717) is 6.10 Å². The maximum absolute atomic E-state index is 5.97. The van der Waals surface area contributed by atoms with Gasteiger partial charge in [0.1, 0.15) is 0 Å². The molecule has 0 atom stereocenters. The van der Waals surface area contributed by atoms with Crippen LogP contribution in [0, 0.1) is 6.92 Å². The molecular formula is C22H37N3O2. The van der Waals surface area contributed by atoms with Crippen LogP contribution in [0.15, 0.2) is 29.3 Å². The first-order valence-electron chi connectivity index (χ1n) is 10.1. The first-order chi connectivity index (χ1) is 13.0. The normalized spacial score (nSPS) is 16.6. The van der Waals surface area contributed by atoms with E-state index in [1.165, 1.54) is 11.1 Å². The lowest BCUT2D eigenvalue weighted by atomic mass is 9.82. The van der Waals surface area contributed by atoms with Crippen LogP contribution in [-0.2, 0) is 14.9 Å². The van der Waals surface area contributed by atoms with Crippen LogP contribution in [-0.4, -0.2) is 64.0 Å². The van der Waals surface area contributed by atoms with Crippen molar-refractivity contribution in [2.45, 2.75) is 51.6 Å². The number of likely N-dealkylation sites (tertiary alicyclic amines) is 1. The van der Waals surface area contributed by atoms with Crippen molar-refractivity contribution >= 4 is 5.96 Å². The second kappa shape index (κ2) is 10.7. The number of guanidine groups is 1. The average molecular weight is 376 g/mol. The summed E-state index contributed by atoms with van der Waals surface area (Å²) < 4.78 is 11.0. The van der Waals surface area contributed by atoms with E-state index in [-0.39, 0.29) is 5.41 Å². The Kier molecular flexibility index (Phi) is 8.58. The highest BCUT2D eigenvalue weighted by atomic mass is 16.5. The number of nitrogens with one attached hydrogen (secondary N) is 1. The Balaban J connectivity index is 1.82. The molecule has 0 amide bonds. The molecule has 1 saturated heterocycles. The van der Waals surface area contributed by atoms with E-state index in [1.807, 2.05) is 7.05 Å². The van der Waals surface area contributed by atoms with Crippen LogP contribution in [0.2, 0.25) is 0 Å². The van der Waals surface area contributed by atoms with Crippen LogP contribution >= 0.6 is 0 Å². The van der Waals surface area contributed by atoms with Crippen molar-refractivity contribution in [3.8, 4) is 0 Å². The highest BCUT2D eigenvalue weighted by Gasteiger charge is 2.25. The van der Waals surface area contributed by atoms with Gasteiger partial charge in [0, 0.05) is 52.4 Å². The summed E-state index contributed by atoms with van der Waals surface area (Å²) in [6, 6.07) is 8.63. The van der Waals surface area contributed by atoms with Crippen molar-refractivity contribution in [2.24, 2.45) is 4.99 Å². The molecule has 1 aliphatic heterocycles. The van der Waals surface area contributed by atoms with Gasteiger partial charge < -0.3 is 19.7 Å². The van der Waals surface area contributed by atoms with Crippen LogP contribution in [0.5, 0.6) is 0 Å². The zero-order valence-electron chi connectivity index (χ0n) is 17.8. The summed E-state index contributed by atoms with van der Waals surface area (Å²) in [6.45, 7) is 11.1. The standard InChI is InChI=1S/C22H37N3O2/c1-18-9-6-7-10-20(18)22(2,3)17-24-21(23-4)25-13-11-19(12-14-25)27-16-8-15-26-5/h6-7,9-10,19H,8,11-17H2,1-5H3,(H,23,24). The number of methoxy groups -OCH3 is 1. The summed E-state index contributed by atoms with van der Waals surface area (Å²) in [7, 11) is 3.61. The molecule has 27 heavy (non-hydrogen) atoms. The zero-order valence-corrected chi connectivity index (χ0v) is 17.8. The monoisotopic (exact) mass is 375 g/mol. The maximum Gasteiger partial charge on any atom is 0.193 e. The van der Waals surface area contributed by atoms with Gasteiger partial charge in [0.2, 0.25) is 0 Å². The molecule has 0 saturated carbocycles. The van der Waals surface area contributed by atoms with Crippen LogP contribution in [0.1, 0.15) is 44.2 Å². The molecule has 1 aromatic carbocycles. The largest absolute Gasteiger partial charge is 0.385 e. The van der Waals surface area contributed by atoms with E-state index >= 15 is 0 Å². The molecule has 1 heterocycles. The quantitative estimate of drug-likeness (QED) is 0.430. The molecule has 2 rings (SSSR count). The van der Waals surface area contributed by atoms with E-state index in [1.54, 1.807) is 7.11 Å². The third kappa shape index (κ3) is 6.51. The Morgan fingerprint density at radius 2 is 1.93 bits per heavy atom. The van der Waals surface area contributed by atoms with Gasteiger partial charge in [-0.2, -0.15) is 0 Å². The van der Waals surface area contributed by atoms with Crippen molar-refractivity contribution in [1.29, 1.82) is 0 Å². The summed E-state index contributed by atoms with van der Waals surface area (Å²) in [5.74, 6) is 0.995. The van der Waals surface area contributed by atoms with Crippen LogP contribution in [0.4, 0.5) is 0 Å². The molecule has 0 aromatic heterocycles. The Labute approximate surface area is 165 Å². The molecule has 5 nitrogen and oxygen atoms in total. The minimum Gasteiger partial charge on any atom is -0.385 e. The highest BCUT2D eigenvalue weighted by Crippen LogP contribution is 2.25. The third-order valence-electron chi connectivity index (χ3n) is 5.36. The minimum absolute atomic E-state index is 0.0457. The van der Waals surface area contributed by atoms with E-state index in [4.69, 9.17) is 9.47 Å². The fraction of sp³-hybridized carbons (Fsp3) is 0.682. The number of aryl methyl sites for hydroxylation is 1. The predicted octanol–water partition coefficient (Wildman–Crippen LogP) is 3.37. The first-order valence-corrected chi connectivity index (χ1v) is 10.1. The van der Waals surface area contributed by atoms with Gasteiger partial charge in [0.05, 0.1) is 6.10 Å². The summed E-state index contributed by atoms with van der Waals surface area (Å²) in [5.41, 5.74) is 2.77. The number of ether oxygens (including phenoxy) is 2. The Bertz CT molecular complexity index is 593. The van der Waals surface area contributed by atoms with Gasteiger partial charge in [-0.3, -0.25) is 4.99 Å². The van der Waals surface area contributed by atoms with Crippen molar-refractivity contribution in [3.63, 3.8) is 0 Å². The van der Waals surface area contributed by atoms with Gasteiger partial charge in [0.15, 0.2) is 5.96 Å². The topological polar surface area (TPSA) is 46.1 Å². The molecule has 5 heteroatoms. The van der Waals surface area contributed by atoms with Crippen LogP contribution < -0.4 is 5.32 Å². The molecule has 0 aliphatic carbocycles. The van der Waals surface area contributed by atoms with Gasteiger partial charge in [0.25, 0.3) is 0 Å². The summed E-state index contributed by atoms with van der Waals surface area (Å²) >= 11 is 0. The molecule has 1 aliphatic rings. The van der Waals surface area contributed by atoms with Gasteiger partial charge in [-0.05, 0) is 37.3 Å². The SMILES string of the molecule is CN=C(NCC(C)(C)c1ccccc1C)N1CCC(OCCCOC)CC1. The van der Waals surface area contributed by atoms with Crippen molar-refractivity contribution in [2.75, 3.05) is 47.0 Å². The summed E-state index contributed by atoms with van der Waals surface area (Å²) in [6.07, 6.45) is 3.43. The van der Waals surface area contributed by atoms with E-state index in [0.717, 1.165) is 58.1 Å². The lowest BCUT2D eigenvalue weighted by Gasteiger charge is -2.36. The molecule has 1 fully saturated rings. The molecule has 0 spiro atoms. The summed E-state index contributed by atoms with van der Waals surface area (Å²) in [5, 5.41) is 3.60. The summed E-state index contributed by atoms with van der Waals surface area (Å²) in [4.78, 5) is 6.87. The van der Waals surface area contributed by atoms with Crippen LogP contribution in [0.25, 0.3) is 0 Å². The molecule has 0 unspecified atom stereocenters. The van der Waals surface area contributed by atoms with E-state index in [9.17, 15) is 0 Å². The van der Waals surface area contributed by atoms with Gasteiger partial charge in [-0.1, -0.05) is 38.1 Å². The number of hydrogen-bond acceptors (Lipinski definition) is 3. The van der Waals surface area contributed by atoms with E-state index in [2.05, 4.69) is 60.2 Å². The third-order valence-corrected chi connectivity index (χ3v) is 5.36. The van der Waals surface area contributed by atoms with Gasteiger partial charge in [-0.15, -0.1) is 0 Å². The second-order valence-electron chi connectivity index (χ2n) is 8.00. The predicted molar refractivity (Wildman–Crippen MR) is 113 cm³/mol. The lowest BCUT2D eigenvalue weighted by molar-refractivity contribution is 0.00987. The molecule has 0 bridgehead atoms. The highest BCUT2D eigenvalue weighted by molar-refractivity contribution is 5.80. The fourth-order valence-electron chi connectivity index (χ4n) is 3.75. The fourth-order valence-corrected chi connectivity index (χ4v) is 3.75. The minimum atomic E-state index is 0.0457. The molecule has 152 valence electrons. The molecular weight excluding hydrogens is 338 g/mol. The molecule has 0 radical (unpaired) electrons. The van der Waals surface area contributed by atoms with Crippen molar-refractivity contribution in [3.05, 3.63) is 35.4 Å². The smallest absolute Gasteiger partial charge is 0.193 e. The number of rotatable bonds is 8.